The van der Waals surface area contributed by atoms with Crippen molar-refractivity contribution in [2.45, 2.75) is 27.7 Å². The van der Waals surface area contributed by atoms with Crippen molar-refractivity contribution < 1.29 is 4.74 Å². The second-order valence-corrected chi connectivity index (χ2v) is 5.25. The van der Waals surface area contributed by atoms with Gasteiger partial charge >= 0.3 is 0 Å². The lowest BCUT2D eigenvalue weighted by atomic mass is 9.98. The minimum atomic E-state index is 0.126. The minimum absolute atomic E-state index is 0.126. The third-order valence-electron chi connectivity index (χ3n) is 2.25. The van der Waals surface area contributed by atoms with Crippen molar-refractivity contribution >= 4 is 12.6 Å². The highest BCUT2D eigenvalue weighted by molar-refractivity contribution is 7.80. The third-order valence-corrected chi connectivity index (χ3v) is 3.11. The highest BCUT2D eigenvalue weighted by atomic mass is 32.1. The van der Waals surface area contributed by atoms with Crippen LogP contribution in [0, 0.1) is 19.3 Å². The molecule has 0 saturated carbocycles. The molecule has 0 aliphatic heterocycles. The van der Waals surface area contributed by atoms with Crippen molar-refractivity contribution in [1.29, 1.82) is 0 Å². The first-order valence-electron chi connectivity index (χ1n) is 5.25. The van der Waals surface area contributed by atoms with Crippen LogP contribution < -0.4 is 4.74 Å². The summed E-state index contributed by atoms with van der Waals surface area (Å²) >= 11 is 4.31. The Bertz CT molecular complexity index is 311. The molecule has 0 atom stereocenters. The molecule has 1 aromatic carbocycles. The van der Waals surface area contributed by atoms with Crippen LogP contribution >= 0.6 is 12.6 Å². The van der Waals surface area contributed by atoms with Crippen molar-refractivity contribution in [3.63, 3.8) is 0 Å². The lowest BCUT2D eigenvalue weighted by Gasteiger charge is -2.22. The molecular formula is C13H20OS. The van der Waals surface area contributed by atoms with Crippen LogP contribution in [-0.2, 0) is 0 Å². The molecule has 1 aromatic rings. The summed E-state index contributed by atoms with van der Waals surface area (Å²) < 4.78 is 5.77. The van der Waals surface area contributed by atoms with Gasteiger partial charge < -0.3 is 4.74 Å². The maximum absolute atomic E-state index is 5.77. The van der Waals surface area contributed by atoms with Crippen LogP contribution in [0.25, 0.3) is 0 Å². The molecule has 2 heteroatoms. The smallest absolute Gasteiger partial charge is 0.119 e. The molecule has 0 aliphatic carbocycles. The Labute approximate surface area is 98.3 Å². The average molecular weight is 224 g/mol. The number of thiol groups is 1. The maximum atomic E-state index is 5.77. The summed E-state index contributed by atoms with van der Waals surface area (Å²) in [6.07, 6.45) is 0. The Kier molecular flexibility index (Phi) is 4.09. The highest BCUT2D eigenvalue weighted by Crippen LogP contribution is 2.21. The number of hydrogen-bond acceptors (Lipinski definition) is 2. The van der Waals surface area contributed by atoms with Gasteiger partial charge in [0.05, 0.1) is 6.61 Å². The van der Waals surface area contributed by atoms with E-state index in [0.29, 0.717) is 6.61 Å². The lowest BCUT2D eigenvalue weighted by Crippen LogP contribution is -2.23. The Hall–Kier alpha value is -0.630. The molecule has 1 nitrogen and oxygen atoms in total. The topological polar surface area (TPSA) is 9.23 Å². The van der Waals surface area contributed by atoms with Gasteiger partial charge in [0.2, 0.25) is 0 Å². The van der Waals surface area contributed by atoms with Gasteiger partial charge in [-0.1, -0.05) is 19.9 Å². The van der Waals surface area contributed by atoms with E-state index in [1.807, 2.05) is 0 Å². The van der Waals surface area contributed by atoms with Crippen molar-refractivity contribution in [3.05, 3.63) is 29.3 Å². The largest absolute Gasteiger partial charge is 0.493 e. The van der Waals surface area contributed by atoms with Gasteiger partial charge in [-0.05, 0) is 42.9 Å². The van der Waals surface area contributed by atoms with E-state index in [1.54, 1.807) is 0 Å². The Morgan fingerprint density at radius 3 is 2.13 bits per heavy atom. The standard InChI is InChI=1S/C13H20OS/c1-10-5-11(2)7-12(6-10)14-8-13(3,4)9-15/h5-7,15H,8-9H2,1-4H3. The van der Waals surface area contributed by atoms with Crippen LogP contribution in [0.5, 0.6) is 5.75 Å². The molecule has 0 spiro atoms. The molecule has 0 aliphatic rings. The molecule has 0 bridgehead atoms. The van der Waals surface area contributed by atoms with E-state index in [1.165, 1.54) is 11.1 Å². The van der Waals surface area contributed by atoms with E-state index in [4.69, 9.17) is 4.74 Å². The van der Waals surface area contributed by atoms with Crippen molar-refractivity contribution in [2.75, 3.05) is 12.4 Å². The fraction of sp³-hybridized carbons (Fsp3) is 0.538. The molecule has 15 heavy (non-hydrogen) atoms. The van der Waals surface area contributed by atoms with Crippen molar-refractivity contribution in [1.82, 2.24) is 0 Å². The van der Waals surface area contributed by atoms with E-state index in [2.05, 4.69) is 58.5 Å². The fourth-order valence-electron chi connectivity index (χ4n) is 1.34. The average Bonchev–Trinajstić information content (AvgIpc) is 2.14. The monoisotopic (exact) mass is 224 g/mol. The van der Waals surface area contributed by atoms with Crippen LogP contribution in [0.2, 0.25) is 0 Å². The second kappa shape index (κ2) is 4.93. The summed E-state index contributed by atoms with van der Waals surface area (Å²) in [5, 5.41) is 0. The first kappa shape index (κ1) is 12.4. The normalized spacial score (nSPS) is 11.5. The molecule has 0 heterocycles. The summed E-state index contributed by atoms with van der Waals surface area (Å²) in [7, 11) is 0. The van der Waals surface area contributed by atoms with Crippen LogP contribution in [0.4, 0.5) is 0 Å². The van der Waals surface area contributed by atoms with E-state index in [0.717, 1.165) is 11.5 Å². The van der Waals surface area contributed by atoms with Gasteiger partial charge in [0.15, 0.2) is 0 Å². The summed E-state index contributed by atoms with van der Waals surface area (Å²) in [6.45, 7) is 9.19. The SMILES string of the molecule is Cc1cc(C)cc(OCC(C)(C)CS)c1. The third kappa shape index (κ3) is 4.17. The van der Waals surface area contributed by atoms with Crippen molar-refractivity contribution in [2.24, 2.45) is 5.41 Å². The number of aryl methyl sites for hydroxylation is 2. The Morgan fingerprint density at radius 2 is 1.67 bits per heavy atom. The highest BCUT2D eigenvalue weighted by Gasteiger charge is 2.16. The van der Waals surface area contributed by atoms with Gasteiger partial charge in [0.1, 0.15) is 5.75 Å². The summed E-state index contributed by atoms with van der Waals surface area (Å²) in [6, 6.07) is 6.29. The lowest BCUT2D eigenvalue weighted by molar-refractivity contribution is 0.202. The molecule has 0 amide bonds. The summed E-state index contributed by atoms with van der Waals surface area (Å²) in [5.74, 6) is 1.79. The quantitative estimate of drug-likeness (QED) is 0.768. The molecule has 0 aromatic heterocycles. The maximum Gasteiger partial charge on any atom is 0.119 e. The van der Waals surface area contributed by atoms with Gasteiger partial charge in [-0.3, -0.25) is 0 Å². The molecule has 1 rings (SSSR count). The molecular weight excluding hydrogens is 204 g/mol. The van der Waals surface area contributed by atoms with E-state index < -0.39 is 0 Å². The number of hydrogen-bond donors (Lipinski definition) is 1. The molecule has 84 valence electrons. The number of rotatable bonds is 4. The molecule has 0 fully saturated rings. The fourth-order valence-corrected chi connectivity index (χ4v) is 1.43. The Balaban J connectivity index is 2.65. The zero-order valence-electron chi connectivity index (χ0n) is 10.0. The van der Waals surface area contributed by atoms with Gasteiger partial charge in [0.25, 0.3) is 0 Å². The minimum Gasteiger partial charge on any atom is -0.493 e. The second-order valence-electron chi connectivity index (χ2n) is 4.93. The zero-order valence-corrected chi connectivity index (χ0v) is 10.9. The first-order valence-corrected chi connectivity index (χ1v) is 5.88. The van der Waals surface area contributed by atoms with Crippen LogP contribution in [-0.4, -0.2) is 12.4 Å². The van der Waals surface area contributed by atoms with Gasteiger partial charge in [-0.15, -0.1) is 0 Å². The van der Waals surface area contributed by atoms with Crippen molar-refractivity contribution in [3.8, 4) is 5.75 Å². The zero-order chi connectivity index (χ0) is 11.5. The van der Waals surface area contributed by atoms with Crippen LogP contribution in [0.1, 0.15) is 25.0 Å². The van der Waals surface area contributed by atoms with E-state index >= 15 is 0 Å². The van der Waals surface area contributed by atoms with Crippen LogP contribution in [0.15, 0.2) is 18.2 Å². The van der Waals surface area contributed by atoms with Gasteiger partial charge in [-0.25, -0.2) is 0 Å². The van der Waals surface area contributed by atoms with E-state index in [9.17, 15) is 0 Å². The summed E-state index contributed by atoms with van der Waals surface area (Å²) in [4.78, 5) is 0. The molecule has 0 saturated heterocycles. The van der Waals surface area contributed by atoms with Gasteiger partial charge in [-0.2, -0.15) is 12.6 Å². The predicted molar refractivity (Wildman–Crippen MR) is 69.0 cm³/mol. The summed E-state index contributed by atoms with van der Waals surface area (Å²) in [5.41, 5.74) is 2.61. The van der Waals surface area contributed by atoms with Crippen LogP contribution in [0.3, 0.4) is 0 Å². The number of ether oxygens (including phenoxy) is 1. The predicted octanol–water partition coefficient (Wildman–Crippen LogP) is 3.64. The molecule has 0 radical (unpaired) electrons. The Morgan fingerprint density at radius 1 is 1.13 bits per heavy atom. The molecule has 0 unspecified atom stereocenters. The molecule has 0 N–H and O–H groups in total. The van der Waals surface area contributed by atoms with Gasteiger partial charge in [0, 0.05) is 5.41 Å². The first-order chi connectivity index (χ1) is 6.93. The van der Waals surface area contributed by atoms with E-state index in [-0.39, 0.29) is 5.41 Å². The number of benzene rings is 1.